The highest BCUT2D eigenvalue weighted by molar-refractivity contribution is 5.39. The SMILES string of the molecule is CC(C)c1ccc(C(C)(C)CCCc2cccc(Oc3ccccc3)c2)cc1C(C)C. The predicted molar refractivity (Wildman–Crippen MR) is 134 cm³/mol. The summed E-state index contributed by atoms with van der Waals surface area (Å²) in [4.78, 5) is 0. The summed E-state index contributed by atoms with van der Waals surface area (Å²) >= 11 is 0. The summed E-state index contributed by atoms with van der Waals surface area (Å²) < 4.78 is 6.00. The van der Waals surface area contributed by atoms with E-state index < -0.39 is 0 Å². The zero-order valence-corrected chi connectivity index (χ0v) is 20.1. The van der Waals surface area contributed by atoms with Gasteiger partial charge in [0.15, 0.2) is 0 Å². The highest BCUT2D eigenvalue weighted by Gasteiger charge is 2.22. The van der Waals surface area contributed by atoms with Crippen molar-refractivity contribution in [3.05, 3.63) is 95.1 Å². The van der Waals surface area contributed by atoms with Gasteiger partial charge < -0.3 is 4.74 Å². The molecular formula is C30H38O. The zero-order valence-electron chi connectivity index (χ0n) is 20.1. The van der Waals surface area contributed by atoms with E-state index in [1.54, 1.807) is 0 Å². The van der Waals surface area contributed by atoms with Crippen molar-refractivity contribution in [2.45, 2.75) is 78.1 Å². The Morgan fingerprint density at radius 2 is 1.39 bits per heavy atom. The minimum Gasteiger partial charge on any atom is -0.457 e. The second-order valence-corrected chi connectivity index (χ2v) is 9.95. The molecule has 0 heterocycles. The smallest absolute Gasteiger partial charge is 0.127 e. The molecule has 0 N–H and O–H groups in total. The minimum atomic E-state index is 0.164. The molecule has 0 fully saturated rings. The summed E-state index contributed by atoms with van der Waals surface area (Å²) in [6.45, 7) is 14.0. The first-order valence-electron chi connectivity index (χ1n) is 11.7. The molecule has 31 heavy (non-hydrogen) atoms. The molecule has 0 aliphatic heterocycles. The van der Waals surface area contributed by atoms with E-state index in [-0.39, 0.29) is 5.41 Å². The van der Waals surface area contributed by atoms with E-state index in [0.29, 0.717) is 11.8 Å². The first-order valence-corrected chi connectivity index (χ1v) is 11.7. The van der Waals surface area contributed by atoms with Gasteiger partial charge in [-0.05, 0) is 83.0 Å². The molecule has 0 radical (unpaired) electrons. The lowest BCUT2D eigenvalue weighted by Gasteiger charge is -2.28. The van der Waals surface area contributed by atoms with Crippen molar-refractivity contribution < 1.29 is 4.74 Å². The highest BCUT2D eigenvalue weighted by Crippen LogP contribution is 2.34. The van der Waals surface area contributed by atoms with Crippen molar-refractivity contribution in [3.63, 3.8) is 0 Å². The third-order valence-electron chi connectivity index (χ3n) is 6.26. The predicted octanol–water partition coefficient (Wildman–Crippen LogP) is 9.03. The average Bonchev–Trinajstić information content (AvgIpc) is 2.74. The third-order valence-corrected chi connectivity index (χ3v) is 6.26. The van der Waals surface area contributed by atoms with Crippen LogP contribution in [-0.2, 0) is 11.8 Å². The second kappa shape index (κ2) is 10.2. The Bertz CT molecular complexity index is 967. The first kappa shape index (κ1) is 23.1. The Kier molecular flexibility index (Phi) is 7.59. The van der Waals surface area contributed by atoms with Crippen LogP contribution in [0.4, 0.5) is 0 Å². The van der Waals surface area contributed by atoms with Gasteiger partial charge in [0.05, 0.1) is 0 Å². The summed E-state index contributed by atoms with van der Waals surface area (Å²) in [7, 11) is 0. The summed E-state index contributed by atoms with van der Waals surface area (Å²) in [5.74, 6) is 2.92. The van der Waals surface area contributed by atoms with Gasteiger partial charge in [0.2, 0.25) is 0 Å². The van der Waals surface area contributed by atoms with E-state index in [4.69, 9.17) is 4.74 Å². The van der Waals surface area contributed by atoms with Crippen LogP contribution >= 0.6 is 0 Å². The van der Waals surface area contributed by atoms with E-state index >= 15 is 0 Å². The van der Waals surface area contributed by atoms with Crippen LogP contribution in [0.2, 0.25) is 0 Å². The van der Waals surface area contributed by atoms with Gasteiger partial charge in [-0.2, -0.15) is 0 Å². The fraction of sp³-hybridized carbons (Fsp3) is 0.400. The number of hydrogen-bond acceptors (Lipinski definition) is 1. The summed E-state index contributed by atoms with van der Waals surface area (Å²) in [6, 6.07) is 25.7. The lowest BCUT2D eigenvalue weighted by molar-refractivity contribution is 0.459. The normalized spacial score (nSPS) is 11.9. The topological polar surface area (TPSA) is 9.23 Å². The Morgan fingerprint density at radius 1 is 0.710 bits per heavy atom. The molecule has 164 valence electrons. The Labute approximate surface area is 189 Å². The molecule has 0 amide bonds. The largest absolute Gasteiger partial charge is 0.457 e. The standard InChI is InChI=1S/C30H38O/c1-22(2)28-18-17-25(21-29(28)23(3)4)30(5,6)19-11-13-24-12-10-16-27(20-24)31-26-14-8-7-9-15-26/h7-10,12,14-18,20-23H,11,13,19H2,1-6H3. The molecule has 0 aliphatic carbocycles. The molecular weight excluding hydrogens is 376 g/mol. The lowest BCUT2D eigenvalue weighted by atomic mass is 9.77. The fourth-order valence-electron chi connectivity index (χ4n) is 4.29. The van der Waals surface area contributed by atoms with E-state index in [0.717, 1.165) is 30.8 Å². The van der Waals surface area contributed by atoms with Crippen LogP contribution < -0.4 is 4.74 Å². The van der Waals surface area contributed by atoms with Crippen molar-refractivity contribution in [1.29, 1.82) is 0 Å². The van der Waals surface area contributed by atoms with Crippen molar-refractivity contribution in [3.8, 4) is 11.5 Å². The van der Waals surface area contributed by atoms with Crippen molar-refractivity contribution >= 4 is 0 Å². The van der Waals surface area contributed by atoms with Gasteiger partial charge in [0.1, 0.15) is 11.5 Å². The average molecular weight is 415 g/mol. The van der Waals surface area contributed by atoms with Crippen LogP contribution in [0.3, 0.4) is 0 Å². The lowest BCUT2D eigenvalue weighted by Crippen LogP contribution is -2.18. The molecule has 3 aromatic rings. The van der Waals surface area contributed by atoms with Gasteiger partial charge in [-0.25, -0.2) is 0 Å². The van der Waals surface area contributed by atoms with Gasteiger partial charge in [0, 0.05) is 0 Å². The van der Waals surface area contributed by atoms with Crippen LogP contribution in [0.25, 0.3) is 0 Å². The third kappa shape index (κ3) is 6.23. The molecule has 0 saturated heterocycles. The minimum absolute atomic E-state index is 0.164. The van der Waals surface area contributed by atoms with E-state index in [2.05, 4.69) is 77.9 Å². The number of hydrogen-bond donors (Lipinski definition) is 0. The van der Waals surface area contributed by atoms with Gasteiger partial charge >= 0.3 is 0 Å². The number of para-hydroxylation sites is 1. The molecule has 1 heteroatoms. The van der Waals surface area contributed by atoms with Crippen LogP contribution in [0, 0.1) is 0 Å². The maximum absolute atomic E-state index is 6.00. The Hall–Kier alpha value is -2.54. The maximum Gasteiger partial charge on any atom is 0.127 e. The molecule has 3 aromatic carbocycles. The monoisotopic (exact) mass is 414 g/mol. The summed E-state index contributed by atoms with van der Waals surface area (Å²) in [6.07, 6.45) is 3.39. The molecule has 0 atom stereocenters. The van der Waals surface area contributed by atoms with E-state index in [9.17, 15) is 0 Å². The fourth-order valence-corrected chi connectivity index (χ4v) is 4.29. The van der Waals surface area contributed by atoms with E-state index in [1.807, 2.05) is 36.4 Å². The molecule has 3 rings (SSSR count). The van der Waals surface area contributed by atoms with Gasteiger partial charge in [-0.1, -0.05) is 90.1 Å². The Morgan fingerprint density at radius 3 is 2.06 bits per heavy atom. The first-order chi connectivity index (χ1) is 14.8. The van der Waals surface area contributed by atoms with Crippen LogP contribution in [-0.4, -0.2) is 0 Å². The summed E-state index contributed by atoms with van der Waals surface area (Å²) in [5.41, 5.74) is 5.96. The number of ether oxygens (including phenoxy) is 1. The van der Waals surface area contributed by atoms with Crippen LogP contribution in [0.15, 0.2) is 72.8 Å². The van der Waals surface area contributed by atoms with Crippen molar-refractivity contribution in [2.75, 3.05) is 0 Å². The van der Waals surface area contributed by atoms with Gasteiger partial charge in [0.25, 0.3) is 0 Å². The van der Waals surface area contributed by atoms with Crippen molar-refractivity contribution in [1.82, 2.24) is 0 Å². The molecule has 0 aliphatic rings. The zero-order chi connectivity index (χ0) is 22.4. The molecule has 0 bridgehead atoms. The number of aryl methyl sites for hydroxylation is 1. The molecule has 0 spiro atoms. The highest BCUT2D eigenvalue weighted by atomic mass is 16.5. The molecule has 0 aromatic heterocycles. The quantitative estimate of drug-likeness (QED) is 0.339. The Balaban J connectivity index is 1.64. The van der Waals surface area contributed by atoms with E-state index in [1.165, 1.54) is 22.3 Å². The molecule has 1 nitrogen and oxygen atoms in total. The van der Waals surface area contributed by atoms with Crippen LogP contribution in [0.5, 0.6) is 11.5 Å². The number of rotatable bonds is 9. The molecule has 0 saturated carbocycles. The number of benzene rings is 3. The maximum atomic E-state index is 6.00. The van der Waals surface area contributed by atoms with Gasteiger partial charge in [-0.15, -0.1) is 0 Å². The molecule has 0 unspecified atom stereocenters. The van der Waals surface area contributed by atoms with Crippen LogP contribution in [0.1, 0.15) is 88.5 Å². The second-order valence-electron chi connectivity index (χ2n) is 9.95. The van der Waals surface area contributed by atoms with Crippen molar-refractivity contribution in [2.24, 2.45) is 0 Å². The summed E-state index contributed by atoms with van der Waals surface area (Å²) in [5, 5.41) is 0. The van der Waals surface area contributed by atoms with Gasteiger partial charge in [-0.3, -0.25) is 0 Å².